The molecular weight excluding hydrogens is 352 g/mol. The van der Waals surface area contributed by atoms with Gasteiger partial charge in [-0.1, -0.05) is 30.3 Å². The maximum Gasteiger partial charge on any atom is 0.191 e. The molecule has 138 valence electrons. The molecule has 1 aromatic heterocycles. The lowest BCUT2D eigenvalue weighted by Crippen LogP contribution is -2.19. The summed E-state index contributed by atoms with van der Waals surface area (Å²) in [4.78, 5) is 8.57. The van der Waals surface area contributed by atoms with E-state index < -0.39 is 5.79 Å². The van der Waals surface area contributed by atoms with Gasteiger partial charge in [0.05, 0.1) is 6.10 Å². The summed E-state index contributed by atoms with van der Waals surface area (Å²) >= 11 is 7.60. The predicted molar refractivity (Wildman–Crippen MR) is 98.3 cm³/mol. The number of nitrogens with one attached hydrogen (secondary N) is 1. The smallest absolute Gasteiger partial charge is 0.191 e. The third-order valence-corrected chi connectivity index (χ3v) is 4.40. The van der Waals surface area contributed by atoms with Crippen LogP contribution in [0.25, 0.3) is 0 Å². The number of thioether (sulfide) groups is 1. The second kappa shape index (κ2) is 9.62. The number of aliphatic hydroxyl groups is 3. The fourth-order valence-electron chi connectivity index (χ4n) is 2.07. The topological polar surface area (TPSA) is 125 Å². The normalized spacial score (nSPS) is 20.5. The fourth-order valence-corrected chi connectivity index (χ4v) is 2.99. The monoisotopic (exact) mass is 378 g/mol. The van der Waals surface area contributed by atoms with Crippen LogP contribution in [0.1, 0.15) is 46.5 Å². The highest BCUT2D eigenvalue weighted by molar-refractivity contribution is 7.99. The summed E-state index contributed by atoms with van der Waals surface area (Å²) in [5.41, 5.74) is 6.28. The second-order valence-electron chi connectivity index (χ2n) is 6.21. The molecule has 1 aliphatic carbocycles. The summed E-state index contributed by atoms with van der Waals surface area (Å²) in [7, 11) is 0. The lowest BCUT2D eigenvalue weighted by molar-refractivity contribution is -0.127. The minimum absolute atomic E-state index is 0.201. The Balaban J connectivity index is 0.000000505. The van der Waals surface area contributed by atoms with Gasteiger partial charge in [-0.15, -0.1) is 0 Å². The molecule has 1 fully saturated rings. The molecule has 2 atom stereocenters. The van der Waals surface area contributed by atoms with E-state index in [1.54, 1.807) is 11.8 Å². The van der Waals surface area contributed by atoms with Crippen LogP contribution in [0, 0.1) is 0 Å². The molecule has 1 aliphatic rings. The summed E-state index contributed by atoms with van der Waals surface area (Å²) in [6.45, 7) is 4.70. The molecule has 1 heterocycles. The molecule has 1 aromatic rings. The largest absolute Gasteiger partial charge is 0.393 e. The lowest BCUT2D eigenvalue weighted by atomic mass is 10.2. The van der Waals surface area contributed by atoms with Crippen LogP contribution in [-0.4, -0.2) is 49.0 Å². The predicted octanol–water partition coefficient (Wildman–Crippen LogP) is 2.25. The molecular formula is C15H27ClN4O3S. The molecule has 2 rings (SSSR count). The minimum Gasteiger partial charge on any atom is -0.393 e. The van der Waals surface area contributed by atoms with Crippen LogP contribution in [0.2, 0.25) is 5.15 Å². The highest BCUT2D eigenvalue weighted by atomic mass is 35.5. The van der Waals surface area contributed by atoms with E-state index in [0.717, 1.165) is 31.4 Å². The first kappa shape index (κ1) is 21.2. The van der Waals surface area contributed by atoms with Crippen molar-refractivity contribution in [2.75, 3.05) is 16.8 Å². The van der Waals surface area contributed by atoms with Crippen molar-refractivity contribution in [3.8, 4) is 0 Å². The van der Waals surface area contributed by atoms with Gasteiger partial charge in [-0.3, -0.25) is 0 Å². The maximum absolute atomic E-state index is 9.54. The van der Waals surface area contributed by atoms with E-state index in [1.807, 2.05) is 0 Å². The molecule has 0 amide bonds. The van der Waals surface area contributed by atoms with Gasteiger partial charge in [-0.05, 0) is 39.5 Å². The Hall–Kier alpha value is -0.800. The number of nitrogens with two attached hydrogens (primary N) is 1. The van der Waals surface area contributed by atoms with Crippen molar-refractivity contribution in [3.05, 3.63) is 5.15 Å². The number of nitrogen functional groups attached to an aromatic ring is 1. The molecule has 0 aliphatic heterocycles. The van der Waals surface area contributed by atoms with Crippen molar-refractivity contribution >= 4 is 34.9 Å². The molecule has 24 heavy (non-hydrogen) atoms. The Morgan fingerprint density at radius 1 is 1.33 bits per heavy atom. The van der Waals surface area contributed by atoms with E-state index in [-0.39, 0.29) is 17.3 Å². The number of rotatable bonds is 5. The summed E-state index contributed by atoms with van der Waals surface area (Å²) in [5.74, 6) is 0.0275. The Bertz CT molecular complexity index is 522. The minimum atomic E-state index is -1.50. The second-order valence-corrected chi connectivity index (χ2v) is 7.63. The average molecular weight is 379 g/mol. The zero-order chi connectivity index (χ0) is 18.3. The SMILES string of the molecule is CC(C)(O)O.CCCSc1nc(Cl)c(N)c(NC2CCC(O)C2)n1. The number of anilines is 2. The zero-order valence-corrected chi connectivity index (χ0v) is 15.9. The van der Waals surface area contributed by atoms with Gasteiger partial charge in [0.1, 0.15) is 5.69 Å². The van der Waals surface area contributed by atoms with Gasteiger partial charge in [-0.25, -0.2) is 9.97 Å². The van der Waals surface area contributed by atoms with E-state index in [4.69, 9.17) is 27.5 Å². The van der Waals surface area contributed by atoms with Crippen molar-refractivity contribution in [1.82, 2.24) is 9.97 Å². The highest BCUT2D eigenvalue weighted by Gasteiger charge is 2.24. The molecule has 2 unspecified atom stereocenters. The molecule has 0 bridgehead atoms. The fraction of sp³-hybridized carbons (Fsp3) is 0.733. The van der Waals surface area contributed by atoms with Crippen LogP contribution in [0.4, 0.5) is 11.5 Å². The molecule has 0 spiro atoms. The van der Waals surface area contributed by atoms with Crippen LogP contribution >= 0.6 is 23.4 Å². The molecule has 1 saturated carbocycles. The van der Waals surface area contributed by atoms with Gasteiger partial charge < -0.3 is 26.4 Å². The van der Waals surface area contributed by atoms with Crippen molar-refractivity contribution in [2.24, 2.45) is 0 Å². The number of hydrogen-bond acceptors (Lipinski definition) is 8. The number of aromatic nitrogens is 2. The van der Waals surface area contributed by atoms with Gasteiger partial charge in [0, 0.05) is 11.8 Å². The summed E-state index contributed by atoms with van der Waals surface area (Å²) < 4.78 is 0. The molecule has 6 N–H and O–H groups in total. The van der Waals surface area contributed by atoms with Crippen LogP contribution in [0.15, 0.2) is 5.16 Å². The molecule has 0 aromatic carbocycles. The quantitative estimate of drug-likeness (QED) is 0.228. The van der Waals surface area contributed by atoms with Gasteiger partial charge in [0.2, 0.25) is 0 Å². The van der Waals surface area contributed by atoms with Gasteiger partial charge in [-0.2, -0.15) is 0 Å². The van der Waals surface area contributed by atoms with Gasteiger partial charge >= 0.3 is 0 Å². The Morgan fingerprint density at radius 2 is 1.96 bits per heavy atom. The first-order chi connectivity index (χ1) is 11.1. The van der Waals surface area contributed by atoms with Crippen LogP contribution < -0.4 is 11.1 Å². The standard InChI is InChI=1S/C12H19ClN4OS.C3H8O2/c1-2-5-19-12-16-10(13)9(14)11(17-12)15-7-3-4-8(18)6-7;1-3(2,4)5/h7-8,18H,2-6,14H2,1H3,(H,15,16,17);4-5H,1-2H3. The van der Waals surface area contributed by atoms with Crippen LogP contribution in [0.3, 0.4) is 0 Å². The van der Waals surface area contributed by atoms with Crippen LogP contribution in [-0.2, 0) is 0 Å². The third kappa shape index (κ3) is 8.34. The molecule has 0 radical (unpaired) electrons. The molecule has 7 nitrogen and oxygen atoms in total. The molecule has 9 heteroatoms. The Morgan fingerprint density at radius 3 is 2.46 bits per heavy atom. The van der Waals surface area contributed by atoms with Gasteiger partial charge in [0.15, 0.2) is 21.9 Å². The van der Waals surface area contributed by atoms with Crippen molar-refractivity contribution in [1.29, 1.82) is 0 Å². The number of hydrogen-bond donors (Lipinski definition) is 5. The van der Waals surface area contributed by atoms with Gasteiger partial charge in [0.25, 0.3) is 0 Å². The van der Waals surface area contributed by atoms with E-state index in [1.165, 1.54) is 13.8 Å². The maximum atomic E-state index is 9.54. The van der Waals surface area contributed by atoms with E-state index in [2.05, 4.69) is 22.2 Å². The van der Waals surface area contributed by atoms with Crippen molar-refractivity contribution < 1.29 is 15.3 Å². The third-order valence-electron chi connectivity index (χ3n) is 3.06. The first-order valence-corrected chi connectivity index (χ1v) is 9.31. The number of nitrogens with zero attached hydrogens (tertiary/aromatic N) is 2. The van der Waals surface area contributed by atoms with E-state index in [9.17, 15) is 5.11 Å². The highest BCUT2D eigenvalue weighted by Crippen LogP contribution is 2.30. The number of aliphatic hydroxyl groups excluding tert-OH is 1. The summed E-state index contributed by atoms with van der Waals surface area (Å²) in [6.07, 6.45) is 3.27. The average Bonchev–Trinajstić information content (AvgIpc) is 2.85. The summed E-state index contributed by atoms with van der Waals surface area (Å²) in [6, 6.07) is 0.201. The Labute approximate surface area is 152 Å². The molecule has 0 saturated heterocycles. The van der Waals surface area contributed by atoms with Crippen LogP contribution in [0.5, 0.6) is 0 Å². The zero-order valence-electron chi connectivity index (χ0n) is 14.3. The Kier molecular flexibility index (Phi) is 8.52. The van der Waals surface area contributed by atoms with E-state index >= 15 is 0 Å². The first-order valence-electron chi connectivity index (χ1n) is 7.95. The lowest BCUT2D eigenvalue weighted by Gasteiger charge is -2.15. The summed E-state index contributed by atoms with van der Waals surface area (Å²) in [5, 5.41) is 29.9. The van der Waals surface area contributed by atoms with Crippen molar-refractivity contribution in [3.63, 3.8) is 0 Å². The van der Waals surface area contributed by atoms with Crippen molar-refractivity contribution in [2.45, 2.75) is 69.5 Å². The van der Waals surface area contributed by atoms with E-state index in [0.29, 0.717) is 16.7 Å². The number of halogens is 1.